The summed E-state index contributed by atoms with van der Waals surface area (Å²) < 4.78 is 5.08. The highest BCUT2D eigenvalue weighted by Gasteiger charge is 2.30. The first kappa shape index (κ1) is 11.9. The summed E-state index contributed by atoms with van der Waals surface area (Å²) in [5.41, 5.74) is 4.83. The predicted molar refractivity (Wildman–Crippen MR) is 68.1 cm³/mol. The minimum atomic E-state index is -0.486. The van der Waals surface area contributed by atoms with Crippen molar-refractivity contribution in [1.82, 2.24) is 16.0 Å². The lowest BCUT2D eigenvalue weighted by Crippen LogP contribution is -2.42. The Bertz CT molecular complexity index is 602. The summed E-state index contributed by atoms with van der Waals surface area (Å²) in [5.74, 6) is -0.0659. The Kier molecular flexibility index (Phi) is 3.04. The van der Waals surface area contributed by atoms with Gasteiger partial charge in [-0.2, -0.15) is 0 Å². The molecular weight excluding hydrogens is 266 g/mol. The molecule has 0 bridgehead atoms. The Morgan fingerprint density at radius 2 is 2.21 bits per heavy atom. The normalized spacial score (nSPS) is 14.1. The van der Waals surface area contributed by atoms with Crippen LogP contribution in [0.25, 0.3) is 10.6 Å². The maximum atomic E-state index is 11.7. The van der Waals surface area contributed by atoms with Gasteiger partial charge in [-0.1, -0.05) is 11.2 Å². The maximum absolute atomic E-state index is 11.7. The molecule has 98 valence electrons. The second-order valence-corrected chi connectivity index (χ2v) is 5.22. The lowest BCUT2D eigenvalue weighted by atomic mass is 10.3. The largest absolute Gasteiger partial charge is 0.355 e. The van der Waals surface area contributed by atoms with Crippen LogP contribution in [0.15, 0.2) is 28.1 Å². The van der Waals surface area contributed by atoms with Gasteiger partial charge in [-0.05, 0) is 24.3 Å². The summed E-state index contributed by atoms with van der Waals surface area (Å²) in [4.78, 5) is 24.0. The first-order valence-corrected chi connectivity index (χ1v) is 6.73. The lowest BCUT2D eigenvalue weighted by Gasteiger charge is -2.03. The Hall–Kier alpha value is -2.15. The van der Waals surface area contributed by atoms with Gasteiger partial charge in [0.05, 0.1) is 4.88 Å². The molecule has 0 radical (unpaired) electrons. The molecule has 0 saturated heterocycles. The number of thiophene rings is 1. The molecule has 2 N–H and O–H groups in total. The molecule has 1 aliphatic carbocycles. The fraction of sp³-hybridized carbons (Fsp3) is 0.250. The van der Waals surface area contributed by atoms with Crippen LogP contribution < -0.4 is 10.9 Å². The number of hydrogen-bond acceptors (Lipinski definition) is 5. The van der Waals surface area contributed by atoms with Crippen LogP contribution >= 0.6 is 11.3 Å². The van der Waals surface area contributed by atoms with Crippen molar-refractivity contribution >= 4 is 23.2 Å². The Morgan fingerprint density at radius 1 is 1.37 bits per heavy atom. The van der Waals surface area contributed by atoms with Gasteiger partial charge in [-0.3, -0.25) is 20.4 Å². The minimum Gasteiger partial charge on any atom is -0.355 e. The van der Waals surface area contributed by atoms with Gasteiger partial charge < -0.3 is 4.52 Å². The average Bonchev–Trinajstić information content (AvgIpc) is 2.94. The molecular formula is C12H11N3O3S. The van der Waals surface area contributed by atoms with E-state index in [1.165, 1.54) is 11.3 Å². The number of aromatic nitrogens is 1. The smallest absolute Gasteiger partial charge is 0.291 e. The summed E-state index contributed by atoms with van der Waals surface area (Å²) >= 11 is 1.50. The standard InChI is InChI=1S/C12H11N3O3S/c16-11(7-3-4-7)13-14-12(17)8-6-9(18-15-8)10-2-1-5-19-10/h1-2,5-7H,3-4H2,(H,13,16)(H,14,17). The topological polar surface area (TPSA) is 84.2 Å². The fourth-order valence-corrected chi connectivity index (χ4v) is 2.22. The molecule has 0 aromatic carbocycles. The SMILES string of the molecule is O=C(NNC(=O)C1CC1)c1cc(-c2cccs2)on1. The molecule has 0 unspecified atom stereocenters. The molecule has 0 spiro atoms. The molecule has 2 aromatic rings. The van der Waals surface area contributed by atoms with E-state index < -0.39 is 5.91 Å². The molecule has 6 nitrogen and oxygen atoms in total. The van der Waals surface area contributed by atoms with Crippen molar-refractivity contribution in [2.75, 3.05) is 0 Å². The van der Waals surface area contributed by atoms with Crippen LogP contribution in [0.3, 0.4) is 0 Å². The van der Waals surface area contributed by atoms with E-state index >= 15 is 0 Å². The quantitative estimate of drug-likeness (QED) is 0.834. The van der Waals surface area contributed by atoms with Crippen molar-refractivity contribution in [3.63, 3.8) is 0 Å². The van der Waals surface area contributed by atoms with E-state index in [0.29, 0.717) is 5.76 Å². The number of amides is 2. The monoisotopic (exact) mass is 277 g/mol. The number of carbonyl (C=O) groups excluding carboxylic acids is 2. The fourth-order valence-electron chi connectivity index (χ4n) is 1.55. The van der Waals surface area contributed by atoms with Gasteiger partial charge in [0, 0.05) is 12.0 Å². The van der Waals surface area contributed by atoms with Gasteiger partial charge in [-0.25, -0.2) is 0 Å². The highest BCUT2D eigenvalue weighted by molar-refractivity contribution is 7.13. The number of nitrogens with one attached hydrogen (secondary N) is 2. The van der Waals surface area contributed by atoms with Crippen LogP contribution in [0.5, 0.6) is 0 Å². The Morgan fingerprint density at radius 3 is 2.89 bits per heavy atom. The molecule has 7 heteroatoms. The average molecular weight is 277 g/mol. The predicted octanol–water partition coefficient (Wildman–Crippen LogP) is 1.57. The Labute approximate surface area is 112 Å². The van der Waals surface area contributed by atoms with Gasteiger partial charge in [0.2, 0.25) is 5.91 Å². The maximum Gasteiger partial charge on any atom is 0.291 e. The second-order valence-electron chi connectivity index (χ2n) is 4.27. The third-order valence-corrected chi connectivity index (χ3v) is 3.64. The highest BCUT2D eigenvalue weighted by atomic mass is 32.1. The molecule has 19 heavy (non-hydrogen) atoms. The molecule has 3 rings (SSSR count). The van der Waals surface area contributed by atoms with Crippen molar-refractivity contribution in [3.05, 3.63) is 29.3 Å². The summed E-state index contributed by atoms with van der Waals surface area (Å²) in [6.07, 6.45) is 1.77. The molecule has 1 aliphatic rings. The van der Waals surface area contributed by atoms with E-state index in [-0.39, 0.29) is 17.5 Å². The number of nitrogens with zero attached hydrogens (tertiary/aromatic N) is 1. The zero-order valence-corrected chi connectivity index (χ0v) is 10.7. The van der Waals surface area contributed by atoms with Crippen LogP contribution in [0.1, 0.15) is 23.3 Å². The van der Waals surface area contributed by atoms with Gasteiger partial charge in [-0.15, -0.1) is 11.3 Å². The zero-order valence-electron chi connectivity index (χ0n) is 9.88. The Balaban J connectivity index is 1.62. The first-order chi connectivity index (χ1) is 9.24. The summed E-state index contributed by atoms with van der Waals surface area (Å²) in [7, 11) is 0. The number of hydrogen-bond donors (Lipinski definition) is 2. The van der Waals surface area contributed by atoms with Gasteiger partial charge >= 0.3 is 0 Å². The van der Waals surface area contributed by atoms with Crippen molar-refractivity contribution in [1.29, 1.82) is 0 Å². The van der Waals surface area contributed by atoms with Gasteiger partial charge in [0.1, 0.15) is 0 Å². The number of carbonyl (C=O) groups is 2. The molecule has 1 fully saturated rings. The van der Waals surface area contributed by atoms with Crippen LogP contribution in [0.4, 0.5) is 0 Å². The highest BCUT2D eigenvalue weighted by Crippen LogP contribution is 2.28. The summed E-state index contributed by atoms with van der Waals surface area (Å²) in [6.45, 7) is 0. The van der Waals surface area contributed by atoms with E-state index in [4.69, 9.17) is 4.52 Å². The van der Waals surface area contributed by atoms with E-state index in [9.17, 15) is 9.59 Å². The van der Waals surface area contributed by atoms with Crippen molar-refractivity contribution in [2.45, 2.75) is 12.8 Å². The first-order valence-electron chi connectivity index (χ1n) is 5.85. The van der Waals surface area contributed by atoms with E-state index in [0.717, 1.165) is 17.7 Å². The molecule has 2 heterocycles. The number of rotatable bonds is 3. The number of hydrazine groups is 1. The van der Waals surface area contributed by atoms with Crippen LogP contribution in [0, 0.1) is 5.92 Å². The zero-order chi connectivity index (χ0) is 13.2. The summed E-state index contributed by atoms with van der Waals surface area (Å²) in [6, 6.07) is 5.31. The molecule has 0 aliphatic heterocycles. The third kappa shape index (κ3) is 2.65. The van der Waals surface area contributed by atoms with Gasteiger partial charge in [0.25, 0.3) is 5.91 Å². The third-order valence-electron chi connectivity index (χ3n) is 2.75. The molecule has 2 amide bonds. The molecule has 1 saturated carbocycles. The summed E-state index contributed by atoms with van der Waals surface area (Å²) in [5, 5.41) is 5.59. The van der Waals surface area contributed by atoms with Crippen molar-refractivity contribution < 1.29 is 14.1 Å². The van der Waals surface area contributed by atoms with Crippen LogP contribution in [-0.2, 0) is 4.79 Å². The lowest BCUT2D eigenvalue weighted by molar-refractivity contribution is -0.123. The van der Waals surface area contributed by atoms with E-state index in [1.807, 2.05) is 17.5 Å². The molecule has 0 atom stereocenters. The van der Waals surface area contributed by atoms with E-state index in [1.54, 1.807) is 6.07 Å². The van der Waals surface area contributed by atoms with Crippen LogP contribution in [0.2, 0.25) is 0 Å². The molecule has 2 aromatic heterocycles. The second kappa shape index (κ2) is 4.85. The van der Waals surface area contributed by atoms with E-state index in [2.05, 4.69) is 16.0 Å². The van der Waals surface area contributed by atoms with Crippen molar-refractivity contribution in [3.8, 4) is 10.6 Å². The van der Waals surface area contributed by atoms with Gasteiger partial charge in [0.15, 0.2) is 11.5 Å². The minimum absolute atomic E-state index is 0.0410. The van der Waals surface area contributed by atoms with Crippen molar-refractivity contribution in [2.24, 2.45) is 5.92 Å². The van der Waals surface area contributed by atoms with Crippen LogP contribution in [-0.4, -0.2) is 17.0 Å².